The van der Waals surface area contributed by atoms with Crippen molar-refractivity contribution in [2.45, 2.75) is 79.1 Å². The standard InChI is InChI=1S/C27H36N2.ClH.Rh/c1-18(2)22-11-9-12-23(19(3)4)26(22)28-15-16-29(17-28)27-24(20(5)6)13-10-14-25(27)21(7)8;;/h9-16,18-21H,1-8H3;1H;/q;;+1/p-1. The number of nitrogens with zero attached hydrogens (tertiary/aromatic N) is 2. The summed E-state index contributed by atoms with van der Waals surface area (Å²) < 4.78 is 5.90. The Morgan fingerprint density at radius 1 is 0.581 bits per heavy atom. The van der Waals surface area contributed by atoms with Crippen LogP contribution < -0.4 is 0 Å². The summed E-state index contributed by atoms with van der Waals surface area (Å²) in [5.74, 6) is 1.76. The number of halogens is 1. The first-order valence-electron chi connectivity index (χ1n) is 11.3. The zero-order valence-electron chi connectivity index (χ0n) is 20.0. The quantitative estimate of drug-likeness (QED) is 0.285. The monoisotopic (exact) mass is 526 g/mol. The number of para-hydroxylation sites is 2. The maximum atomic E-state index is 6.73. The van der Waals surface area contributed by atoms with Gasteiger partial charge in [-0.1, -0.05) is 0 Å². The fourth-order valence-electron chi connectivity index (χ4n) is 4.33. The number of hydrogen-bond acceptors (Lipinski definition) is 0. The predicted molar refractivity (Wildman–Crippen MR) is 131 cm³/mol. The molecule has 0 saturated carbocycles. The van der Waals surface area contributed by atoms with E-state index in [0.717, 1.165) is 0 Å². The zero-order valence-corrected chi connectivity index (χ0v) is 22.4. The molecule has 0 radical (unpaired) electrons. The molecule has 0 aliphatic rings. The molecule has 0 aliphatic heterocycles. The third-order valence-corrected chi connectivity index (χ3v) is 7.70. The molecule has 1 aromatic heterocycles. The van der Waals surface area contributed by atoms with Gasteiger partial charge in [-0.15, -0.1) is 0 Å². The predicted octanol–water partition coefficient (Wildman–Crippen LogP) is 8.53. The van der Waals surface area contributed by atoms with Crippen LogP contribution in [0.3, 0.4) is 0 Å². The first kappa shape index (κ1) is 24.2. The van der Waals surface area contributed by atoms with Crippen molar-refractivity contribution in [1.29, 1.82) is 0 Å². The fourth-order valence-corrected chi connectivity index (χ4v) is 5.96. The Labute approximate surface area is 199 Å². The van der Waals surface area contributed by atoms with Crippen molar-refractivity contribution in [3.05, 3.63) is 75.1 Å². The van der Waals surface area contributed by atoms with Crippen LogP contribution in [0.4, 0.5) is 0 Å². The molecule has 0 N–H and O–H groups in total. The van der Waals surface area contributed by atoms with Gasteiger partial charge in [0.05, 0.1) is 0 Å². The minimum absolute atomic E-state index is 0.271. The summed E-state index contributed by atoms with van der Waals surface area (Å²) in [7, 11) is 6.73. The summed E-state index contributed by atoms with van der Waals surface area (Å²) in [6.07, 6.45) is 4.44. The second kappa shape index (κ2) is 10.0. The average Bonchev–Trinajstić information content (AvgIpc) is 3.15. The van der Waals surface area contributed by atoms with Crippen molar-refractivity contribution >= 4 is 9.69 Å². The molecule has 1 heterocycles. The number of imidazole rings is 1. The molecule has 0 amide bonds. The molecule has 3 rings (SSSR count). The van der Waals surface area contributed by atoms with E-state index >= 15 is 0 Å². The van der Waals surface area contributed by atoms with E-state index in [4.69, 9.17) is 9.69 Å². The van der Waals surface area contributed by atoms with E-state index in [1.165, 1.54) is 37.6 Å². The Hall–Kier alpha value is -1.44. The number of aromatic nitrogens is 2. The van der Waals surface area contributed by atoms with E-state index in [1.807, 2.05) is 0 Å². The first-order chi connectivity index (χ1) is 14.7. The van der Waals surface area contributed by atoms with Gasteiger partial charge < -0.3 is 0 Å². The van der Waals surface area contributed by atoms with Crippen LogP contribution in [-0.4, -0.2) is 9.13 Å². The summed E-state index contributed by atoms with van der Waals surface area (Å²) in [6.45, 7) is 18.2. The normalized spacial score (nSPS) is 12.2. The van der Waals surface area contributed by atoms with Crippen LogP contribution in [0.5, 0.6) is 0 Å². The van der Waals surface area contributed by atoms with Gasteiger partial charge in [-0.25, -0.2) is 0 Å². The van der Waals surface area contributed by atoms with E-state index in [9.17, 15) is 0 Å². The molecule has 31 heavy (non-hydrogen) atoms. The van der Waals surface area contributed by atoms with Gasteiger partial charge in [-0.05, 0) is 0 Å². The zero-order chi connectivity index (χ0) is 22.9. The van der Waals surface area contributed by atoms with Gasteiger partial charge in [0.1, 0.15) is 0 Å². The molecule has 0 unspecified atom stereocenters. The summed E-state index contributed by atoms with van der Waals surface area (Å²) in [5, 5.41) is 0. The summed E-state index contributed by atoms with van der Waals surface area (Å²) in [4.78, 5) is 0. The molecule has 3 aromatic rings. The Bertz CT molecular complexity index is 980. The second-order valence-electron chi connectivity index (χ2n) is 9.54. The van der Waals surface area contributed by atoms with Crippen LogP contribution in [0.1, 0.15) is 101 Å². The first-order valence-corrected chi connectivity index (χ1v) is 14.2. The Kier molecular flexibility index (Phi) is 7.82. The van der Waals surface area contributed by atoms with Gasteiger partial charge in [0.2, 0.25) is 0 Å². The number of hydrogen-bond donors (Lipinski definition) is 0. The molecule has 0 aliphatic carbocycles. The molecule has 0 spiro atoms. The van der Waals surface area contributed by atoms with Crippen LogP contribution in [-0.2, 0) is 15.7 Å². The third-order valence-electron chi connectivity index (χ3n) is 5.96. The molecule has 2 nitrogen and oxygen atoms in total. The maximum absolute atomic E-state index is 6.73. The molecule has 170 valence electrons. The van der Waals surface area contributed by atoms with Crippen LogP contribution in [0.2, 0.25) is 0 Å². The molecular weight excluding hydrogens is 491 g/mol. The van der Waals surface area contributed by atoms with E-state index in [1.54, 1.807) is 0 Å². The molecule has 0 saturated heterocycles. The van der Waals surface area contributed by atoms with Gasteiger partial charge in [-0.2, -0.15) is 0 Å². The second-order valence-corrected chi connectivity index (χ2v) is 11.3. The molecule has 0 fully saturated rings. The Morgan fingerprint density at radius 2 is 0.871 bits per heavy atom. The van der Waals surface area contributed by atoms with Gasteiger partial charge in [-0.3, -0.25) is 0 Å². The fraction of sp³-hybridized carbons (Fsp3) is 0.444. The third kappa shape index (κ3) is 4.69. The minimum atomic E-state index is -0.271. The van der Waals surface area contributed by atoms with E-state index in [2.05, 4.69) is 113 Å². The van der Waals surface area contributed by atoms with Gasteiger partial charge in [0.25, 0.3) is 0 Å². The van der Waals surface area contributed by atoms with E-state index < -0.39 is 0 Å². The van der Waals surface area contributed by atoms with Crippen molar-refractivity contribution in [1.82, 2.24) is 9.13 Å². The van der Waals surface area contributed by atoms with Crippen molar-refractivity contribution < 1.29 is 15.7 Å². The van der Waals surface area contributed by atoms with Crippen molar-refractivity contribution in [3.8, 4) is 11.4 Å². The van der Waals surface area contributed by atoms with Crippen LogP contribution in [0.25, 0.3) is 11.4 Å². The Morgan fingerprint density at radius 3 is 1.10 bits per heavy atom. The number of rotatable bonds is 6. The molecular formula is C27H36ClN2Rh. The molecule has 2 aromatic carbocycles. The van der Waals surface area contributed by atoms with Crippen LogP contribution in [0, 0.1) is 4.01 Å². The van der Waals surface area contributed by atoms with Crippen molar-refractivity contribution in [2.24, 2.45) is 0 Å². The van der Waals surface area contributed by atoms with E-state index in [0.29, 0.717) is 23.7 Å². The van der Waals surface area contributed by atoms with Crippen LogP contribution >= 0.6 is 9.69 Å². The van der Waals surface area contributed by atoms with Crippen molar-refractivity contribution in [3.63, 3.8) is 0 Å². The van der Waals surface area contributed by atoms with Gasteiger partial charge in [0.15, 0.2) is 0 Å². The van der Waals surface area contributed by atoms with E-state index in [-0.39, 0.29) is 15.7 Å². The summed E-state index contributed by atoms with van der Waals surface area (Å²) in [5.41, 5.74) is 8.10. The summed E-state index contributed by atoms with van der Waals surface area (Å²) >= 11 is -0.271. The van der Waals surface area contributed by atoms with Crippen LogP contribution in [0.15, 0.2) is 48.8 Å². The number of benzene rings is 2. The topological polar surface area (TPSA) is 9.86 Å². The van der Waals surface area contributed by atoms with Gasteiger partial charge in [0, 0.05) is 0 Å². The molecule has 0 atom stereocenters. The molecule has 4 heteroatoms. The SMILES string of the molecule is CC(C)c1cccc(C(C)C)c1-n1ccn(-c2c(C(C)C)cccc2C(C)C)[c]1=[Rh][Cl]. The molecule has 0 bridgehead atoms. The summed E-state index contributed by atoms with van der Waals surface area (Å²) in [6, 6.07) is 13.5. The average molecular weight is 527 g/mol. The van der Waals surface area contributed by atoms with Gasteiger partial charge >= 0.3 is 200 Å². The Balaban J connectivity index is 2.40. The van der Waals surface area contributed by atoms with Crippen molar-refractivity contribution in [2.75, 3.05) is 0 Å².